The van der Waals surface area contributed by atoms with E-state index in [9.17, 15) is 9.90 Å². The van der Waals surface area contributed by atoms with E-state index >= 15 is 0 Å². The van der Waals surface area contributed by atoms with Crippen molar-refractivity contribution >= 4 is 11.6 Å². The van der Waals surface area contributed by atoms with Gasteiger partial charge in [0.15, 0.2) is 0 Å². The van der Waals surface area contributed by atoms with E-state index in [0.29, 0.717) is 5.69 Å². The van der Waals surface area contributed by atoms with Crippen LogP contribution >= 0.6 is 0 Å². The molecule has 1 atom stereocenters. The highest BCUT2D eigenvalue weighted by Crippen LogP contribution is 2.15. The summed E-state index contributed by atoms with van der Waals surface area (Å²) in [6.07, 6.45) is 3.86. The number of aromatic nitrogens is 2. The van der Waals surface area contributed by atoms with Crippen LogP contribution in [0.5, 0.6) is 0 Å². The molecule has 0 spiro atoms. The van der Waals surface area contributed by atoms with Crippen molar-refractivity contribution in [2.45, 2.75) is 13.0 Å². The van der Waals surface area contributed by atoms with Crippen LogP contribution in [0.25, 0.3) is 0 Å². The third-order valence-corrected chi connectivity index (χ3v) is 2.45. The number of amides is 1. The van der Waals surface area contributed by atoms with E-state index in [2.05, 4.69) is 15.3 Å². The molecule has 0 aliphatic rings. The number of hydrogen-bond donors (Lipinski definition) is 2. The molecule has 0 radical (unpaired) electrons. The topological polar surface area (TPSA) is 75.1 Å². The lowest BCUT2D eigenvalue weighted by Gasteiger charge is -2.07. The Balaban J connectivity index is 2.08. The van der Waals surface area contributed by atoms with Gasteiger partial charge in [0, 0.05) is 18.1 Å². The Kier molecular flexibility index (Phi) is 3.64. The van der Waals surface area contributed by atoms with Gasteiger partial charge in [0.1, 0.15) is 5.69 Å². The number of anilines is 1. The molecule has 0 fully saturated rings. The largest absolute Gasteiger partial charge is 0.389 e. The molecule has 0 bridgehead atoms. The molecule has 0 aliphatic carbocycles. The highest BCUT2D eigenvalue weighted by atomic mass is 16.3. The first kappa shape index (κ1) is 12.2. The number of nitrogens with zero attached hydrogens (tertiary/aromatic N) is 2. The van der Waals surface area contributed by atoms with Crippen molar-refractivity contribution in [2.24, 2.45) is 0 Å². The SMILES string of the molecule is CC(O)c1ccc(NC(=O)c2cnccn2)cc1. The Bertz CT molecular complexity index is 524. The van der Waals surface area contributed by atoms with E-state index in [-0.39, 0.29) is 11.6 Å². The van der Waals surface area contributed by atoms with Crippen LogP contribution in [0.4, 0.5) is 5.69 Å². The van der Waals surface area contributed by atoms with Gasteiger partial charge in [-0.2, -0.15) is 0 Å². The molecule has 5 nitrogen and oxygen atoms in total. The summed E-state index contributed by atoms with van der Waals surface area (Å²) in [6, 6.07) is 6.99. The normalized spacial score (nSPS) is 11.9. The summed E-state index contributed by atoms with van der Waals surface area (Å²) < 4.78 is 0. The summed E-state index contributed by atoms with van der Waals surface area (Å²) in [4.78, 5) is 19.5. The molecular weight excluding hydrogens is 230 g/mol. The van der Waals surface area contributed by atoms with Gasteiger partial charge < -0.3 is 10.4 Å². The molecule has 2 rings (SSSR count). The van der Waals surface area contributed by atoms with Gasteiger partial charge in [-0.1, -0.05) is 12.1 Å². The Labute approximate surface area is 105 Å². The molecule has 5 heteroatoms. The summed E-state index contributed by atoms with van der Waals surface area (Å²) in [7, 11) is 0. The van der Waals surface area contributed by atoms with Gasteiger partial charge in [-0.25, -0.2) is 4.98 Å². The number of aliphatic hydroxyl groups is 1. The minimum Gasteiger partial charge on any atom is -0.389 e. The van der Waals surface area contributed by atoms with Crippen LogP contribution in [0.3, 0.4) is 0 Å². The second-order valence-electron chi connectivity index (χ2n) is 3.84. The van der Waals surface area contributed by atoms with Crippen LogP contribution in [0.2, 0.25) is 0 Å². The molecule has 92 valence electrons. The number of carbonyl (C=O) groups excluding carboxylic acids is 1. The van der Waals surface area contributed by atoms with Crippen LogP contribution < -0.4 is 5.32 Å². The molecular formula is C13H13N3O2. The van der Waals surface area contributed by atoms with Crippen molar-refractivity contribution in [1.82, 2.24) is 9.97 Å². The van der Waals surface area contributed by atoms with Crippen LogP contribution in [0.1, 0.15) is 29.1 Å². The van der Waals surface area contributed by atoms with Gasteiger partial charge in [0.2, 0.25) is 0 Å². The number of aliphatic hydroxyl groups excluding tert-OH is 1. The van der Waals surface area contributed by atoms with Crippen molar-refractivity contribution < 1.29 is 9.90 Å². The number of rotatable bonds is 3. The van der Waals surface area contributed by atoms with Crippen molar-refractivity contribution in [3.05, 3.63) is 54.1 Å². The van der Waals surface area contributed by atoms with E-state index in [4.69, 9.17) is 0 Å². The predicted octanol–water partition coefficient (Wildman–Crippen LogP) is 1.78. The molecule has 1 heterocycles. The van der Waals surface area contributed by atoms with Crippen LogP contribution in [-0.4, -0.2) is 21.0 Å². The second kappa shape index (κ2) is 5.37. The summed E-state index contributed by atoms with van der Waals surface area (Å²) in [5, 5.41) is 12.1. The Hall–Kier alpha value is -2.27. The predicted molar refractivity (Wildman–Crippen MR) is 67.1 cm³/mol. The Morgan fingerprint density at radius 1 is 1.28 bits per heavy atom. The fourth-order valence-electron chi connectivity index (χ4n) is 1.46. The van der Waals surface area contributed by atoms with E-state index in [1.807, 2.05) is 0 Å². The molecule has 1 amide bonds. The molecule has 0 saturated heterocycles. The Morgan fingerprint density at radius 2 is 2.00 bits per heavy atom. The van der Waals surface area contributed by atoms with Gasteiger partial charge >= 0.3 is 0 Å². The van der Waals surface area contributed by atoms with Crippen LogP contribution in [-0.2, 0) is 0 Å². The maximum Gasteiger partial charge on any atom is 0.275 e. The first-order chi connectivity index (χ1) is 8.66. The fourth-order valence-corrected chi connectivity index (χ4v) is 1.46. The number of hydrogen-bond acceptors (Lipinski definition) is 4. The molecule has 0 saturated carbocycles. The number of nitrogens with one attached hydrogen (secondary N) is 1. The average Bonchev–Trinajstić information content (AvgIpc) is 2.40. The lowest BCUT2D eigenvalue weighted by molar-refractivity contribution is 0.102. The minimum absolute atomic E-state index is 0.261. The lowest BCUT2D eigenvalue weighted by Crippen LogP contribution is -2.13. The third kappa shape index (κ3) is 2.89. The van der Waals surface area contributed by atoms with E-state index in [1.54, 1.807) is 31.2 Å². The molecule has 18 heavy (non-hydrogen) atoms. The van der Waals surface area contributed by atoms with Crippen LogP contribution in [0.15, 0.2) is 42.9 Å². The quantitative estimate of drug-likeness (QED) is 0.861. The average molecular weight is 243 g/mol. The molecule has 1 aromatic carbocycles. The van der Waals surface area contributed by atoms with E-state index in [0.717, 1.165) is 5.56 Å². The van der Waals surface area contributed by atoms with Crippen LogP contribution in [0, 0.1) is 0 Å². The Morgan fingerprint density at radius 3 is 2.56 bits per heavy atom. The number of benzene rings is 1. The monoisotopic (exact) mass is 243 g/mol. The van der Waals surface area contributed by atoms with Gasteiger partial charge in [0.25, 0.3) is 5.91 Å². The zero-order chi connectivity index (χ0) is 13.0. The van der Waals surface area contributed by atoms with Crippen molar-refractivity contribution in [3.63, 3.8) is 0 Å². The number of carbonyl (C=O) groups is 1. The van der Waals surface area contributed by atoms with Gasteiger partial charge in [-0.3, -0.25) is 9.78 Å². The first-order valence-electron chi connectivity index (χ1n) is 5.52. The second-order valence-corrected chi connectivity index (χ2v) is 3.84. The first-order valence-corrected chi connectivity index (χ1v) is 5.52. The summed E-state index contributed by atoms with van der Waals surface area (Å²) in [5.74, 6) is -0.312. The zero-order valence-electron chi connectivity index (χ0n) is 9.87. The molecule has 2 N–H and O–H groups in total. The smallest absolute Gasteiger partial charge is 0.275 e. The summed E-state index contributed by atoms with van der Waals surface area (Å²) >= 11 is 0. The van der Waals surface area contributed by atoms with E-state index < -0.39 is 6.10 Å². The highest BCUT2D eigenvalue weighted by Gasteiger charge is 2.07. The van der Waals surface area contributed by atoms with Gasteiger partial charge in [-0.15, -0.1) is 0 Å². The molecule has 2 aromatic rings. The van der Waals surface area contributed by atoms with Gasteiger partial charge in [-0.05, 0) is 24.6 Å². The third-order valence-electron chi connectivity index (χ3n) is 2.45. The molecule has 1 unspecified atom stereocenters. The van der Waals surface area contributed by atoms with E-state index in [1.165, 1.54) is 18.6 Å². The maximum absolute atomic E-state index is 11.8. The van der Waals surface area contributed by atoms with Gasteiger partial charge in [0.05, 0.1) is 12.3 Å². The summed E-state index contributed by atoms with van der Waals surface area (Å²) in [5.41, 5.74) is 1.71. The zero-order valence-corrected chi connectivity index (χ0v) is 9.87. The molecule has 1 aromatic heterocycles. The molecule has 0 aliphatic heterocycles. The van der Waals surface area contributed by atoms with Crippen molar-refractivity contribution in [3.8, 4) is 0 Å². The lowest BCUT2D eigenvalue weighted by atomic mass is 10.1. The maximum atomic E-state index is 11.8. The summed E-state index contributed by atoms with van der Waals surface area (Å²) in [6.45, 7) is 1.69. The fraction of sp³-hybridized carbons (Fsp3) is 0.154. The van der Waals surface area contributed by atoms with Crippen molar-refractivity contribution in [1.29, 1.82) is 0 Å². The standard InChI is InChI=1S/C13H13N3O2/c1-9(17)10-2-4-11(5-3-10)16-13(18)12-8-14-6-7-15-12/h2-9,17H,1H3,(H,16,18). The minimum atomic E-state index is -0.519. The van der Waals surface area contributed by atoms with Crippen molar-refractivity contribution in [2.75, 3.05) is 5.32 Å². The highest BCUT2D eigenvalue weighted by molar-refractivity contribution is 6.02.